The zero-order chi connectivity index (χ0) is 13.2. The summed E-state index contributed by atoms with van der Waals surface area (Å²) in [5.41, 5.74) is 7.47. The van der Waals surface area contributed by atoms with Crippen LogP contribution in [0, 0.1) is 5.92 Å². The molecular weight excluding hydrogens is 240 g/mol. The molecular formula is C15H22N2O2. The van der Waals surface area contributed by atoms with Crippen LogP contribution in [-0.4, -0.2) is 25.9 Å². The molecule has 0 bridgehead atoms. The van der Waals surface area contributed by atoms with Gasteiger partial charge >= 0.3 is 0 Å². The van der Waals surface area contributed by atoms with Crippen molar-refractivity contribution in [3.63, 3.8) is 0 Å². The molecule has 0 spiro atoms. The number of nitrogens with zero attached hydrogens (tertiary/aromatic N) is 1. The fourth-order valence-corrected chi connectivity index (χ4v) is 3.02. The molecule has 0 amide bonds. The van der Waals surface area contributed by atoms with Crippen molar-refractivity contribution in [2.45, 2.75) is 32.2 Å². The van der Waals surface area contributed by atoms with Gasteiger partial charge in [0.15, 0.2) is 11.5 Å². The molecule has 4 heteroatoms. The van der Waals surface area contributed by atoms with E-state index < -0.39 is 0 Å². The summed E-state index contributed by atoms with van der Waals surface area (Å²) >= 11 is 0. The van der Waals surface area contributed by atoms with Crippen molar-refractivity contribution in [2.75, 3.05) is 24.8 Å². The second-order valence-corrected chi connectivity index (χ2v) is 5.48. The largest absolute Gasteiger partial charge is 0.454 e. The van der Waals surface area contributed by atoms with Gasteiger partial charge in [-0.05, 0) is 30.9 Å². The maximum atomic E-state index is 6.25. The normalized spacial score (nSPS) is 22.8. The standard InChI is InChI=1S/C15H22N2O2/c1-2-3-13(16)11-6-7-17(9-11)12-4-5-14-15(8-12)19-10-18-14/h4-5,8,11,13H,2-3,6-7,9-10,16H2,1H3. The third-order valence-corrected chi connectivity index (χ3v) is 4.17. The molecule has 1 fully saturated rings. The van der Waals surface area contributed by atoms with Gasteiger partial charge in [-0.15, -0.1) is 0 Å². The van der Waals surface area contributed by atoms with Gasteiger partial charge in [-0.3, -0.25) is 0 Å². The third-order valence-electron chi connectivity index (χ3n) is 4.17. The minimum absolute atomic E-state index is 0.336. The van der Waals surface area contributed by atoms with E-state index in [2.05, 4.69) is 24.0 Å². The second-order valence-electron chi connectivity index (χ2n) is 5.48. The molecule has 2 heterocycles. The summed E-state index contributed by atoms with van der Waals surface area (Å²) in [4.78, 5) is 2.40. The molecule has 19 heavy (non-hydrogen) atoms. The van der Waals surface area contributed by atoms with Crippen molar-refractivity contribution in [1.29, 1.82) is 0 Å². The summed E-state index contributed by atoms with van der Waals surface area (Å²) in [5, 5.41) is 0. The van der Waals surface area contributed by atoms with Crippen molar-refractivity contribution in [1.82, 2.24) is 0 Å². The van der Waals surface area contributed by atoms with E-state index in [9.17, 15) is 0 Å². The zero-order valence-corrected chi connectivity index (χ0v) is 11.5. The van der Waals surface area contributed by atoms with Crippen molar-refractivity contribution < 1.29 is 9.47 Å². The van der Waals surface area contributed by atoms with Gasteiger partial charge in [-0.2, -0.15) is 0 Å². The van der Waals surface area contributed by atoms with Crippen LogP contribution in [0.3, 0.4) is 0 Å². The van der Waals surface area contributed by atoms with E-state index in [1.165, 1.54) is 18.5 Å². The molecule has 2 unspecified atom stereocenters. The summed E-state index contributed by atoms with van der Waals surface area (Å²) in [6, 6.07) is 6.53. The van der Waals surface area contributed by atoms with E-state index in [-0.39, 0.29) is 0 Å². The number of rotatable bonds is 4. The maximum absolute atomic E-state index is 6.25. The van der Waals surface area contributed by atoms with Gasteiger partial charge in [-0.25, -0.2) is 0 Å². The quantitative estimate of drug-likeness (QED) is 0.905. The van der Waals surface area contributed by atoms with E-state index in [0.717, 1.165) is 31.0 Å². The molecule has 0 aromatic heterocycles. The number of hydrogen-bond donors (Lipinski definition) is 1. The Morgan fingerprint density at radius 2 is 2.21 bits per heavy atom. The van der Waals surface area contributed by atoms with Crippen LogP contribution in [0.1, 0.15) is 26.2 Å². The molecule has 0 radical (unpaired) electrons. The van der Waals surface area contributed by atoms with Gasteiger partial charge in [0, 0.05) is 30.9 Å². The number of benzene rings is 1. The van der Waals surface area contributed by atoms with E-state index in [0.29, 0.717) is 18.8 Å². The first-order chi connectivity index (χ1) is 9.28. The Kier molecular flexibility index (Phi) is 3.51. The second kappa shape index (κ2) is 5.29. The number of hydrogen-bond acceptors (Lipinski definition) is 4. The Bertz CT molecular complexity index is 450. The van der Waals surface area contributed by atoms with Crippen LogP contribution in [0.25, 0.3) is 0 Å². The summed E-state index contributed by atoms with van der Waals surface area (Å²) < 4.78 is 10.8. The van der Waals surface area contributed by atoms with E-state index in [1.54, 1.807) is 0 Å². The minimum Gasteiger partial charge on any atom is -0.454 e. The highest BCUT2D eigenvalue weighted by Gasteiger charge is 2.28. The Hall–Kier alpha value is -1.42. The smallest absolute Gasteiger partial charge is 0.231 e. The van der Waals surface area contributed by atoms with Crippen molar-refractivity contribution in [2.24, 2.45) is 11.7 Å². The molecule has 1 aromatic carbocycles. The average molecular weight is 262 g/mol. The molecule has 2 aliphatic rings. The lowest BCUT2D eigenvalue weighted by molar-refractivity contribution is 0.174. The minimum atomic E-state index is 0.336. The molecule has 0 aliphatic carbocycles. The van der Waals surface area contributed by atoms with Gasteiger partial charge in [0.05, 0.1) is 0 Å². The predicted octanol–water partition coefficient (Wildman–Crippen LogP) is 2.37. The average Bonchev–Trinajstić information content (AvgIpc) is 3.07. The van der Waals surface area contributed by atoms with Crippen molar-refractivity contribution in [3.05, 3.63) is 18.2 Å². The molecule has 1 saturated heterocycles. The van der Waals surface area contributed by atoms with Crippen molar-refractivity contribution >= 4 is 5.69 Å². The maximum Gasteiger partial charge on any atom is 0.231 e. The van der Waals surface area contributed by atoms with Gasteiger partial charge in [0.25, 0.3) is 0 Å². The predicted molar refractivity (Wildman–Crippen MR) is 75.8 cm³/mol. The number of fused-ring (bicyclic) bond motifs is 1. The highest BCUT2D eigenvalue weighted by molar-refractivity contribution is 5.57. The van der Waals surface area contributed by atoms with Crippen LogP contribution in [0.15, 0.2) is 18.2 Å². The van der Waals surface area contributed by atoms with Crippen LogP contribution in [0.5, 0.6) is 11.5 Å². The fourth-order valence-electron chi connectivity index (χ4n) is 3.02. The van der Waals surface area contributed by atoms with E-state index in [1.807, 2.05) is 6.07 Å². The molecule has 1 aromatic rings. The van der Waals surface area contributed by atoms with E-state index >= 15 is 0 Å². The van der Waals surface area contributed by atoms with E-state index in [4.69, 9.17) is 15.2 Å². The molecule has 2 aliphatic heterocycles. The molecule has 2 atom stereocenters. The molecule has 2 N–H and O–H groups in total. The Morgan fingerprint density at radius 1 is 1.37 bits per heavy atom. The lowest BCUT2D eigenvalue weighted by Gasteiger charge is -2.21. The van der Waals surface area contributed by atoms with Gasteiger partial charge in [0.2, 0.25) is 6.79 Å². The van der Waals surface area contributed by atoms with Crippen molar-refractivity contribution in [3.8, 4) is 11.5 Å². The van der Waals surface area contributed by atoms with Crippen LogP contribution in [-0.2, 0) is 0 Å². The SMILES string of the molecule is CCCC(N)C1CCN(c2ccc3c(c2)OCO3)C1. The number of anilines is 1. The summed E-state index contributed by atoms with van der Waals surface area (Å²) in [6.07, 6.45) is 3.48. The summed E-state index contributed by atoms with van der Waals surface area (Å²) in [7, 11) is 0. The summed E-state index contributed by atoms with van der Waals surface area (Å²) in [6.45, 7) is 4.68. The molecule has 104 valence electrons. The first-order valence-electron chi connectivity index (χ1n) is 7.18. The Morgan fingerprint density at radius 3 is 3.05 bits per heavy atom. The van der Waals surface area contributed by atoms with Crippen LogP contribution < -0.4 is 20.1 Å². The highest BCUT2D eigenvalue weighted by atomic mass is 16.7. The van der Waals surface area contributed by atoms with Crippen LogP contribution >= 0.6 is 0 Å². The first-order valence-corrected chi connectivity index (χ1v) is 7.18. The Balaban J connectivity index is 1.67. The monoisotopic (exact) mass is 262 g/mol. The third kappa shape index (κ3) is 2.50. The van der Waals surface area contributed by atoms with Crippen LogP contribution in [0.4, 0.5) is 5.69 Å². The summed E-state index contributed by atoms with van der Waals surface area (Å²) in [5.74, 6) is 2.33. The van der Waals surface area contributed by atoms with Gasteiger partial charge < -0.3 is 20.1 Å². The molecule has 3 rings (SSSR count). The van der Waals surface area contributed by atoms with Crippen LogP contribution in [0.2, 0.25) is 0 Å². The fraction of sp³-hybridized carbons (Fsp3) is 0.600. The highest BCUT2D eigenvalue weighted by Crippen LogP contribution is 2.37. The molecule has 0 saturated carbocycles. The topological polar surface area (TPSA) is 47.7 Å². The Labute approximate surface area is 114 Å². The van der Waals surface area contributed by atoms with Gasteiger partial charge in [0.1, 0.15) is 0 Å². The first kappa shape index (κ1) is 12.6. The zero-order valence-electron chi connectivity index (χ0n) is 11.5. The lowest BCUT2D eigenvalue weighted by atomic mass is 9.96. The number of ether oxygens (including phenoxy) is 2. The molecule has 4 nitrogen and oxygen atoms in total. The number of nitrogens with two attached hydrogens (primary N) is 1. The van der Waals surface area contributed by atoms with Gasteiger partial charge in [-0.1, -0.05) is 13.3 Å². The lowest BCUT2D eigenvalue weighted by Crippen LogP contribution is -2.32.